The predicted octanol–water partition coefficient (Wildman–Crippen LogP) is 5.02. The predicted molar refractivity (Wildman–Crippen MR) is 158 cm³/mol. The van der Waals surface area contributed by atoms with E-state index in [0.29, 0.717) is 33.8 Å². The van der Waals surface area contributed by atoms with Crippen molar-refractivity contribution < 1.29 is 33.4 Å². The highest BCUT2D eigenvalue weighted by molar-refractivity contribution is 6.37. The van der Waals surface area contributed by atoms with Crippen molar-refractivity contribution in [2.45, 2.75) is 26.4 Å². The molecular formula is C31H32N4O7. The number of carbonyl (C=O) groups is 4. The summed E-state index contributed by atoms with van der Waals surface area (Å²) in [5.41, 5.74) is 3.31. The molecule has 0 radical (unpaired) electrons. The number of anilines is 2. The Morgan fingerprint density at radius 2 is 1.55 bits per heavy atom. The summed E-state index contributed by atoms with van der Waals surface area (Å²) in [6.07, 6.45) is -1.42. The quantitative estimate of drug-likeness (QED) is 0.128. The molecule has 0 fully saturated rings. The van der Waals surface area contributed by atoms with Crippen molar-refractivity contribution in [2.24, 2.45) is 0 Å². The Balaban J connectivity index is 1.50. The number of methoxy groups -OCH3 is 1. The molecule has 0 bridgehead atoms. The van der Waals surface area contributed by atoms with E-state index in [0.717, 1.165) is 5.56 Å². The summed E-state index contributed by atoms with van der Waals surface area (Å²) >= 11 is 0. The summed E-state index contributed by atoms with van der Waals surface area (Å²) in [6, 6.07) is 21.0. The normalized spacial score (nSPS) is 13.3. The van der Waals surface area contributed by atoms with Crippen molar-refractivity contribution in [3.63, 3.8) is 0 Å². The Labute approximate surface area is 243 Å². The molecule has 0 atom stereocenters. The molecule has 0 aromatic heterocycles. The largest absolute Gasteiger partial charge is 0.513 e. The first-order chi connectivity index (χ1) is 20.0. The van der Waals surface area contributed by atoms with Gasteiger partial charge in [0.05, 0.1) is 24.1 Å². The number of fused-ring (bicyclic) bond motifs is 1. The molecule has 4 rings (SSSR count). The van der Waals surface area contributed by atoms with Gasteiger partial charge in [-0.3, -0.25) is 9.59 Å². The molecule has 42 heavy (non-hydrogen) atoms. The Morgan fingerprint density at radius 1 is 0.857 bits per heavy atom. The SMILES string of the molecule is COC(=O)Oc1ccc2c(c1)NC(=O)/C2=C(\Nc1ccc(C(=O)NCCNC(=O)OC(C)(C)C)cc1)c1ccccc1. The van der Waals surface area contributed by atoms with Crippen LogP contribution in [-0.4, -0.2) is 49.9 Å². The molecule has 3 aromatic carbocycles. The van der Waals surface area contributed by atoms with Crippen molar-refractivity contribution >= 4 is 46.7 Å². The zero-order valence-corrected chi connectivity index (χ0v) is 23.7. The van der Waals surface area contributed by atoms with E-state index >= 15 is 0 Å². The first-order valence-electron chi connectivity index (χ1n) is 13.2. The van der Waals surface area contributed by atoms with Crippen molar-refractivity contribution in [1.82, 2.24) is 10.6 Å². The van der Waals surface area contributed by atoms with Crippen LogP contribution in [0.5, 0.6) is 5.75 Å². The van der Waals surface area contributed by atoms with Gasteiger partial charge in [-0.2, -0.15) is 0 Å². The number of amides is 3. The molecule has 11 nitrogen and oxygen atoms in total. The lowest BCUT2D eigenvalue weighted by molar-refractivity contribution is -0.110. The highest BCUT2D eigenvalue weighted by Crippen LogP contribution is 2.39. The summed E-state index contributed by atoms with van der Waals surface area (Å²) in [6.45, 7) is 5.76. The number of hydrogen-bond donors (Lipinski definition) is 4. The van der Waals surface area contributed by atoms with Gasteiger partial charge in [0.15, 0.2) is 0 Å². The van der Waals surface area contributed by atoms with Crippen LogP contribution in [0.25, 0.3) is 11.3 Å². The monoisotopic (exact) mass is 572 g/mol. The number of rotatable bonds is 8. The summed E-state index contributed by atoms with van der Waals surface area (Å²) in [5.74, 6) is -0.406. The van der Waals surface area contributed by atoms with E-state index in [-0.39, 0.29) is 30.7 Å². The molecule has 1 heterocycles. The summed E-state index contributed by atoms with van der Waals surface area (Å²) in [4.78, 5) is 49.0. The van der Waals surface area contributed by atoms with Gasteiger partial charge in [-0.25, -0.2) is 9.59 Å². The first-order valence-corrected chi connectivity index (χ1v) is 13.2. The third kappa shape index (κ3) is 7.66. The van der Waals surface area contributed by atoms with Crippen LogP contribution in [0.3, 0.4) is 0 Å². The van der Waals surface area contributed by atoms with E-state index in [4.69, 9.17) is 9.47 Å². The summed E-state index contributed by atoms with van der Waals surface area (Å²) < 4.78 is 14.8. The molecule has 3 aromatic rings. The van der Waals surface area contributed by atoms with Gasteiger partial charge < -0.3 is 35.5 Å². The van der Waals surface area contributed by atoms with Gasteiger partial charge in [0.25, 0.3) is 11.8 Å². The lowest BCUT2D eigenvalue weighted by Gasteiger charge is -2.19. The Morgan fingerprint density at radius 3 is 2.21 bits per heavy atom. The molecule has 11 heteroatoms. The lowest BCUT2D eigenvalue weighted by Crippen LogP contribution is -2.37. The maximum Gasteiger partial charge on any atom is 0.513 e. The van der Waals surface area contributed by atoms with Crippen LogP contribution in [0, 0.1) is 0 Å². The molecule has 0 unspecified atom stereocenters. The topological polar surface area (TPSA) is 144 Å². The third-order valence-corrected chi connectivity index (χ3v) is 5.91. The molecule has 0 saturated heterocycles. The fourth-order valence-corrected chi connectivity index (χ4v) is 4.09. The second-order valence-corrected chi connectivity index (χ2v) is 10.2. The van der Waals surface area contributed by atoms with Crippen molar-refractivity contribution in [3.05, 3.63) is 89.5 Å². The van der Waals surface area contributed by atoms with Crippen LogP contribution >= 0.6 is 0 Å². The number of ether oxygens (including phenoxy) is 3. The summed E-state index contributed by atoms with van der Waals surface area (Å²) in [7, 11) is 1.21. The van der Waals surface area contributed by atoms with Crippen molar-refractivity contribution in [3.8, 4) is 5.75 Å². The van der Waals surface area contributed by atoms with Gasteiger partial charge in [-0.1, -0.05) is 30.3 Å². The number of nitrogens with one attached hydrogen (secondary N) is 4. The van der Waals surface area contributed by atoms with Crippen LogP contribution in [0.4, 0.5) is 21.0 Å². The molecule has 1 aliphatic heterocycles. The van der Waals surface area contributed by atoms with Gasteiger partial charge in [0.2, 0.25) is 0 Å². The zero-order chi connectivity index (χ0) is 30.3. The van der Waals surface area contributed by atoms with Gasteiger partial charge >= 0.3 is 12.2 Å². The average molecular weight is 573 g/mol. The Bertz CT molecular complexity index is 1510. The zero-order valence-electron chi connectivity index (χ0n) is 23.7. The second-order valence-electron chi connectivity index (χ2n) is 10.2. The van der Waals surface area contributed by atoms with E-state index in [1.807, 2.05) is 30.3 Å². The molecule has 3 amide bonds. The lowest BCUT2D eigenvalue weighted by atomic mass is 10.00. The van der Waals surface area contributed by atoms with E-state index < -0.39 is 17.8 Å². The summed E-state index contributed by atoms with van der Waals surface area (Å²) in [5, 5.41) is 11.5. The number of benzene rings is 3. The minimum absolute atomic E-state index is 0.216. The molecule has 1 aliphatic rings. The van der Waals surface area contributed by atoms with E-state index in [2.05, 4.69) is 26.0 Å². The third-order valence-electron chi connectivity index (χ3n) is 5.91. The molecule has 0 spiro atoms. The standard InChI is InChI=1S/C31H32N4O7/c1-31(2,3)42-29(38)33-17-16-32-27(36)20-10-12-21(13-11-20)34-26(19-8-6-5-7-9-19)25-23-15-14-22(41-30(39)40-4)18-24(23)35-28(25)37/h5-15,18,34H,16-17H2,1-4H3,(H,32,36)(H,33,38)(H,35,37)/b26-25-. The van der Waals surface area contributed by atoms with Gasteiger partial charge in [-0.15, -0.1) is 0 Å². The number of hydrogen-bond acceptors (Lipinski definition) is 8. The highest BCUT2D eigenvalue weighted by Gasteiger charge is 2.29. The van der Waals surface area contributed by atoms with Gasteiger partial charge in [0, 0.05) is 36.0 Å². The van der Waals surface area contributed by atoms with Gasteiger partial charge in [0.1, 0.15) is 11.4 Å². The maximum atomic E-state index is 13.2. The van der Waals surface area contributed by atoms with E-state index in [9.17, 15) is 19.2 Å². The molecule has 218 valence electrons. The molecule has 0 aliphatic carbocycles. The van der Waals surface area contributed by atoms with Crippen LogP contribution in [0.1, 0.15) is 42.3 Å². The van der Waals surface area contributed by atoms with Crippen molar-refractivity contribution in [1.29, 1.82) is 0 Å². The first kappa shape index (κ1) is 29.7. The van der Waals surface area contributed by atoms with E-state index in [1.165, 1.54) is 7.11 Å². The van der Waals surface area contributed by atoms with Crippen LogP contribution in [-0.2, 0) is 14.3 Å². The second kappa shape index (κ2) is 12.9. The molecule has 0 saturated carbocycles. The smallest absolute Gasteiger partial charge is 0.444 e. The Kier molecular flexibility index (Phi) is 9.11. The fraction of sp³-hybridized carbons (Fsp3) is 0.226. The average Bonchev–Trinajstić information content (AvgIpc) is 3.28. The molecule has 4 N–H and O–H groups in total. The minimum atomic E-state index is -0.865. The maximum absolute atomic E-state index is 13.2. The number of carbonyl (C=O) groups excluding carboxylic acids is 4. The molecular weight excluding hydrogens is 540 g/mol. The van der Waals surface area contributed by atoms with Crippen molar-refractivity contribution in [2.75, 3.05) is 30.8 Å². The van der Waals surface area contributed by atoms with Crippen LogP contribution < -0.4 is 26.0 Å². The fourth-order valence-electron chi connectivity index (χ4n) is 4.09. The van der Waals surface area contributed by atoms with E-state index in [1.54, 1.807) is 63.2 Å². The van der Waals surface area contributed by atoms with Gasteiger partial charge in [-0.05, 0) is 62.7 Å². The van der Waals surface area contributed by atoms with Crippen LogP contribution in [0.2, 0.25) is 0 Å². The minimum Gasteiger partial charge on any atom is -0.444 e. The highest BCUT2D eigenvalue weighted by atomic mass is 16.7. The van der Waals surface area contributed by atoms with Crippen LogP contribution in [0.15, 0.2) is 72.8 Å². The number of alkyl carbamates (subject to hydrolysis) is 1. The Hall–Kier alpha value is -5.32.